The van der Waals surface area contributed by atoms with E-state index in [1.165, 1.54) is 6.39 Å². The zero-order valence-corrected chi connectivity index (χ0v) is 9.97. The molecule has 0 radical (unpaired) electrons. The van der Waals surface area contributed by atoms with E-state index in [1.807, 2.05) is 0 Å². The zero-order chi connectivity index (χ0) is 10.7. The molecule has 1 aliphatic heterocycles. The van der Waals surface area contributed by atoms with Gasteiger partial charge in [-0.2, -0.15) is 0 Å². The lowest BCUT2D eigenvalue weighted by Crippen LogP contribution is -2.45. The number of halogens is 1. The van der Waals surface area contributed by atoms with Gasteiger partial charge in [-0.25, -0.2) is 4.98 Å². The van der Waals surface area contributed by atoms with Crippen LogP contribution in [0.5, 0.6) is 0 Å². The van der Waals surface area contributed by atoms with Crippen LogP contribution in [0.2, 0.25) is 0 Å². The highest BCUT2D eigenvalue weighted by Gasteiger charge is 2.19. The number of nitrogens with zero attached hydrogens (tertiary/aromatic N) is 1. The molecule has 0 bridgehead atoms. The number of carbonyl (C=O) groups excluding carboxylic acids is 1. The minimum Gasteiger partial charge on any atom is -0.448 e. The number of aromatic nitrogens is 1. The Balaban J connectivity index is 0.00000128. The van der Waals surface area contributed by atoms with E-state index in [2.05, 4.69) is 15.6 Å². The molecule has 1 aromatic rings. The van der Waals surface area contributed by atoms with Gasteiger partial charge in [-0.15, -0.1) is 12.4 Å². The quantitative estimate of drug-likeness (QED) is 0.812. The van der Waals surface area contributed by atoms with Crippen molar-refractivity contribution < 1.29 is 9.21 Å². The van der Waals surface area contributed by atoms with Gasteiger partial charge in [-0.1, -0.05) is 0 Å². The number of amides is 1. The summed E-state index contributed by atoms with van der Waals surface area (Å²) in [5.41, 5.74) is 0.389. The molecule has 1 amide bonds. The van der Waals surface area contributed by atoms with E-state index >= 15 is 0 Å². The van der Waals surface area contributed by atoms with Crippen LogP contribution < -0.4 is 10.6 Å². The second kappa shape index (κ2) is 5.86. The summed E-state index contributed by atoms with van der Waals surface area (Å²) in [4.78, 5) is 15.6. The number of rotatable bonds is 2. The summed E-state index contributed by atoms with van der Waals surface area (Å²) in [5, 5.41) is 6.18. The van der Waals surface area contributed by atoms with Crippen molar-refractivity contribution in [2.24, 2.45) is 0 Å². The fraction of sp³-hybridized carbons (Fsp3) is 0.600. The highest BCUT2D eigenvalue weighted by molar-refractivity contribution is 5.93. The molecule has 90 valence electrons. The maximum Gasteiger partial charge on any atom is 0.273 e. The molecule has 2 N–H and O–H groups in total. The van der Waals surface area contributed by atoms with Crippen LogP contribution >= 0.6 is 12.4 Å². The molecule has 0 saturated carbocycles. The maximum absolute atomic E-state index is 11.7. The van der Waals surface area contributed by atoms with Gasteiger partial charge in [0.05, 0.1) is 0 Å². The van der Waals surface area contributed by atoms with Gasteiger partial charge in [-0.3, -0.25) is 4.79 Å². The Bertz CT molecular complexity index is 348. The molecule has 2 heterocycles. The topological polar surface area (TPSA) is 67.2 Å². The number of carbonyl (C=O) groups is 1. The second-order valence-electron chi connectivity index (χ2n) is 3.77. The molecule has 0 aromatic carbocycles. The van der Waals surface area contributed by atoms with Gasteiger partial charge in [0.25, 0.3) is 5.91 Å². The Morgan fingerprint density at radius 3 is 3.06 bits per heavy atom. The van der Waals surface area contributed by atoms with E-state index in [-0.39, 0.29) is 24.4 Å². The van der Waals surface area contributed by atoms with E-state index in [0.29, 0.717) is 11.5 Å². The van der Waals surface area contributed by atoms with Gasteiger partial charge >= 0.3 is 0 Å². The molecule has 2 rings (SSSR count). The SMILES string of the molecule is Cc1ocnc1C(=O)NC1CCCNC1.Cl. The molecule has 16 heavy (non-hydrogen) atoms. The first-order chi connectivity index (χ1) is 7.27. The Hall–Kier alpha value is -1.07. The average molecular weight is 246 g/mol. The number of nitrogens with one attached hydrogen (secondary N) is 2. The number of hydrogen-bond acceptors (Lipinski definition) is 4. The Labute approximate surface area is 100 Å². The van der Waals surface area contributed by atoms with Crippen LogP contribution in [0.25, 0.3) is 0 Å². The number of hydrogen-bond donors (Lipinski definition) is 2. The standard InChI is InChI=1S/C10H15N3O2.ClH/c1-7-9(12-6-15-7)10(14)13-8-3-2-4-11-5-8;/h6,8,11H,2-5H2,1H3,(H,13,14);1H. The minimum atomic E-state index is -0.144. The van der Waals surface area contributed by atoms with Gasteiger partial charge in [-0.05, 0) is 26.3 Å². The molecular formula is C10H16ClN3O2. The van der Waals surface area contributed by atoms with Gasteiger partial charge < -0.3 is 15.1 Å². The first-order valence-corrected chi connectivity index (χ1v) is 5.19. The maximum atomic E-state index is 11.7. The van der Waals surface area contributed by atoms with Crippen molar-refractivity contribution in [2.75, 3.05) is 13.1 Å². The molecule has 1 atom stereocenters. The van der Waals surface area contributed by atoms with Gasteiger partial charge in [0.15, 0.2) is 12.1 Å². The van der Waals surface area contributed by atoms with Crippen LogP contribution in [-0.4, -0.2) is 30.0 Å². The monoisotopic (exact) mass is 245 g/mol. The van der Waals surface area contributed by atoms with Crippen LogP contribution in [0.3, 0.4) is 0 Å². The summed E-state index contributed by atoms with van der Waals surface area (Å²) in [7, 11) is 0. The van der Waals surface area contributed by atoms with Crippen molar-refractivity contribution in [3.63, 3.8) is 0 Å². The molecule has 1 fully saturated rings. The molecule has 5 nitrogen and oxygen atoms in total. The predicted molar refractivity (Wildman–Crippen MR) is 61.8 cm³/mol. The highest BCUT2D eigenvalue weighted by Crippen LogP contribution is 2.06. The van der Waals surface area contributed by atoms with Crippen LogP contribution in [0, 0.1) is 6.92 Å². The van der Waals surface area contributed by atoms with Gasteiger partial charge in [0.2, 0.25) is 0 Å². The number of aryl methyl sites for hydroxylation is 1. The lowest BCUT2D eigenvalue weighted by Gasteiger charge is -2.23. The minimum absolute atomic E-state index is 0. The van der Waals surface area contributed by atoms with Crippen LogP contribution in [0.1, 0.15) is 29.1 Å². The Kier molecular flexibility index (Phi) is 4.76. The van der Waals surface area contributed by atoms with Crippen LogP contribution in [0.4, 0.5) is 0 Å². The summed E-state index contributed by atoms with van der Waals surface area (Å²) < 4.78 is 4.99. The average Bonchev–Trinajstić information content (AvgIpc) is 2.66. The molecule has 6 heteroatoms. The fourth-order valence-electron chi connectivity index (χ4n) is 1.75. The molecule has 0 spiro atoms. The number of piperidine rings is 1. The zero-order valence-electron chi connectivity index (χ0n) is 9.16. The van der Waals surface area contributed by atoms with Crippen molar-refractivity contribution in [2.45, 2.75) is 25.8 Å². The first-order valence-electron chi connectivity index (χ1n) is 5.19. The van der Waals surface area contributed by atoms with Crippen LogP contribution in [-0.2, 0) is 0 Å². The molecule has 1 saturated heterocycles. The van der Waals surface area contributed by atoms with Crippen molar-refractivity contribution in [1.82, 2.24) is 15.6 Å². The third kappa shape index (κ3) is 2.96. The summed E-state index contributed by atoms with van der Waals surface area (Å²) in [6.45, 7) is 3.61. The lowest BCUT2D eigenvalue weighted by atomic mass is 10.1. The third-order valence-corrected chi connectivity index (χ3v) is 2.59. The van der Waals surface area contributed by atoms with Crippen molar-refractivity contribution in [3.8, 4) is 0 Å². The van der Waals surface area contributed by atoms with E-state index in [0.717, 1.165) is 25.9 Å². The summed E-state index contributed by atoms with van der Waals surface area (Å²) in [6, 6.07) is 0.211. The van der Waals surface area contributed by atoms with Crippen molar-refractivity contribution in [3.05, 3.63) is 17.8 Å². The highest BCUT2D eigenvalue weighted by atomic mass is 35.5. The predicted octanol–water partition coefficient (Wildman–Crippen LogP) is 0.887. The summed E-state index contributed by atoms with van der Waals surface area (Å²) in [6.07, 6.45) is 3.42. The normalized spacial score (nSPS) is 19.9. The Morgan fingerprint density at radius 2 is 2.50 bits per heavy atom. The van der Waals surface area contributed by atoms with E-state index < -0.39 is 0 Å². The van der Waals surface area contributed by atoms with E-state index in [9.17, 15) is 4.79 Å². The summed E-state index contributed by atoms with van der Waals surface area (Å²) >= 11 is 0. The molecular weight excluding hydrogens is 230 g/mol. The van der Waals surface area contributed by atoms with E-state index in [1.54, 1.807) is 6.92 Å². The van der Waals surface area contributed by atoms with Crippen molar-refractivity contribution >= 4 is 18.3 Å². The van der Waals surface area contributed by atoms with Crippen molar-refractivity contribution in [1.29, 1.82) is 0 Å². The van der Waals surface area contributed by atoms with Gasteiger partial charge in [0, 0.05) is 12.6 Å². The molecule has 1 unspecified atom stereocenters. The second-order valence-corrected chi connectivity index (χ2v) is 3.77. The smallest absolute Gasteiger partial charge is 0.273 e. The third-order valence-electron chi connectivity index (χ3n) is 2.59. The van der Waals surface area contributed by atoms with Gasteiger partial charge in [0.1, 0.15) is 5.76 Å². The van der Waals surface area contributed by atoms with Crippen LogP contribution in [0.15, 0.2) is 10.8 Å². The number of oxazole rings is 1. The first kappa shape index (κ1) is 13.0. The lowest BCUT2D eigenvalue weighted by molar-refractivity contribution is 0.0924. The molecule has 1 aliphatic rings. The fourth-order valence-corrected chi connectivity index (χ4v) is 1.75. The molecule has 0 aliphatic carbocycles. The summed E-state index contributed by atoms with van der Waals surface area (Å²) in [5.74, 6) is 0.422. The largest absolute Gasteiger partial charge is 0.448 e. The Morgan fingerprint density at radius 1 is 1.69 bits per heavy atom. The van der Waals surface area contributed by atoms with E-state index in [4.69, 9.17) is 4.42 Å². The molecule has 1 aromatic heterocycles.